The fourth-order valence-corrected chi connectivity index (χ4v) is 2.67. The van der Waals surface area contributed by atoms with Gasteiger partial charge in [-0.15, -0.1) is 0 Å². The zero-order valence-corrected chi connectivity index (χ0v) is 13.0. The Balaban J connectivity index is 1.98. The number of carbonyl (C=O) groups is 1. The summed E-state index contributed by atoms with van der Waals surface area (Å²) in [5.74, 6) is -0.835. The van der Waals surface area contributed by atoms with Gasteiger partial charge in [0.2, 0.25) is 0 Å². The van der Waals surface area contributed by atoms with Crippen LogP contribution in [0.5, 0.6) is 0 Å². The summed E-state index contributed by atoms with van der Waals surface area (Å²) in [6.07, 6.45) is 1.57. The first-order valence-electron chi connectivity index (χ1n) is 7.67. The number of fused-ring (bicyclic) bond motifs is 1. The maximum absolute atomic E-state index is 13.9. The molecular formula is C19H17FN2O2. The van der Waals surface area contributed by atoms with Gasteiger partial charge in [0.05, 0.1) is 17.7 Å². The molecule has 2 aromatic carbocycles. The standard InChI is InChI=1S/C19H17FN2O2/c20-16-11-15-7-4-8-21-18(15)17(12-16)19(24)22(9-10-23)13-14-5-2-1-3-6-14/h1-8,11-12,23H,9-10,13H2. The summed E-state index contributed by atoms with van der Waals surface area (Å²) >= 11 is 0. The molecule has 0 spiro atoms. The first-order valence-corrected chi connectivity index (χ1v) is 7.67. The molecule has 0 atom stereocenters. The average Bonchev–Trinajstić information content (AvgIpc) is 2.61. The molecule has 0 bridgehead atoms. The van der Waals surface area contributed by atoms with Crippen LogP contribution < -0.4 is 0 Å². The molecule has 0 saturated heterocycles. The highest BCUT2D eigenvalue weighted by Gasteiger charge is 2.20. The summed E-state index contributed by atoms with van der Waals surface area (Å²) in [6.45, 7) is 0.336. The SMILES string of the molecule is O=C(c1cc(F)cc2cccnc12)N(CCO)Cc1ccccc1. The first kappa shape index (κ1) is 16.1. The highest BCUT2D eigenvalue weighted by Crippen LogP contribution is 2.21. The van der Waals surface area contributed by atoms with Crippen LogP contribution in [0.15, 0.2) is 60.8 Å². The lowest BCUT2D eigenvalue weighted by atomic mass is 10.1. The Kier molecular flexibility index (Phi) is 4.82. The van der Waals surface area contributed by atoms with Gasteiger partial charge in [-0.25, -0.2) is 4.39 Å². The lowest BCUT2D eigenvalue weighted by Gasteiger charge is -2.22. The normalized spacial score (nSPS) is 10.8. The predicted molar refractivity (Wildman–Crippen MR) is 90.0 cm³/mol. The number of carbonyl (C=O) groups excluding carboxylic acids is 1. The third-order valence-corrected chi connectivity index (χ3v) is 3.77. The van der Waals surface area contributed by atoms with E-state index in [9.17, 15) is 14.3 Å². The molecule has 0 aliphatic rings. The van der Waals surface area contributed by atoms with E-state index in [0.29, 0.717) is 17.4 Å². The number of pyridine rings is 1. The van der Waals surface area contributed by atoms with E-state index in [1.54, 1.807) is 18.3 Å². The van der Waals surface area contributed by atoms with Gasteiger partial charge in [0.25, 0.3) is 5.91 Å². The molecule has 4 nitrogen and oxygen atoms in total. The van der Waals surface area contributed by atoms with Gasteiger partial charge < -0.3 is 10.0 Å². The van der Waals surface area contributed by atoms with E-state index in [4.69, 9.17) is 0 Å². The first-order chi connectivity index (χ1) is 11.7. The van der Waals surface area contributed by atoms with Gasteiger partial charge in [-0.05, 0) is 23.8 Å². The molecule has 1 aromatic heterocycles. The second-order valence-corrected chi connectivity index (χ2v) is 5.46. The van der Waals surface area contributed by atoms with Crippen molar-refractivity contribution in [2.75, 3.05) is 13.2 Å². The van der Waals surface area contributed by atoms with E-state index in [1.165, 1.54) is 17.0 Å². The van der Waals surface area contributed by atoms with Crippen LogP contribution in [-0.2, 0) is 6.54 Å². The number of halogens is 1. The maximum Gasteiger partial charge on any atom is 0.256 e. The third-order valence-electron chi connectivity index (χ3n) is 3.77. The zero-order chi connectivity index (χ0) is 16.9. The number of aliphatic hydroxyl groups excluding tert-OH is 1. The van der Waals surface area contributed by atoms with Crippen molar-refractivity contribution < 1.29 is 14.3 Å². The smallest absolute Gasteiger partial charge is 0.256 e. The molecule has 0 aliphatic carbocycles. The van der Waals surface area contributed by atoms with Crippen LogP contribution in [0, 0.1) is 5.82 Å². The van der Waals surface area contributed by atoms with Crippen molar-refractivity contribution in [1.29, 1.82) is 0 Å². The number of nitrogens with zero attached hydrogens (tertiary/aromatic N) is 2. The fraction of sp³-hybridized carbons (Fsp3) is 0.158. The van der Waals surface area contributed by atoms with Crippen molar-refractivity contribution in [3.8, 4) is 0 Å². The lowest BCUT2D eigenvalue weighted by molar-refractivity contribution is 0.0709. The van der Waals surface area contributed by atoms with Crippen molar-refractivity contribution in [2.24, 2.45) is 0 Å². The van der Waals surface area contributed by atoms with Gasteiger partial charge in [0, 0.05) is 24.7 Å². The minimum Gasteiger partial charge on any atom is -0.395 e. The number of aromatic nitrogens is 1. The molecule has 5 heteroatoms. The Morgan fingerprint density at radius 2 is 1.92 bits per heavy atom. The molecule has 122 valence electrons. The molecule has 0 fully saturated rings. The molecular weight excluding hydrogens is 307 g/mol. The lowest BCUT2D eigenvalue weighted by Crippen LogP contribution is -2.33. The summed E-state index contributed by atoms with van der Waals surface area (Å²) in [7, 11) is 0. The molecule has 24 heavy (non-hydrogen) atoms. The van der Waals surface area contributed by atoms with Gasteiger partial charge >= 0.3 is 0 Å². The van der Waals surface area contributed by atoms with Crippen LogP contribution in [0.4, 0.5) is 4.39 Å². The van der Waals surface area contributed by atoms with Crippen LogP contribution in [0.2, 0.25) is 0 Å². The number of benzene rings is 2. The minimum atomic E-state index is -0.484. The number of hydrogen-bond acceptors (Lipinski definition) is 3. The molecule has 1 amide bonds. The Morgan fingerprint density at radius 1 is 1.12 bits per heavy atom. The molecule has 0 unspecified atom stereocenters. The highest BCUT2D eigenvalue weighted by atomic mass is 19.1. The second kappa shape index (κ2) is 7.19. The largest absolute Gasteiger partial charge is 0.395 e. The third kappa shape index (κ3) is 3.41. The summed E-state index contributed by atoms with van der Waals surface area (Å²) in [4.78, 5) is 18.6. The number of rotatable bonds is 5. The van der Waals surface area contributed by atoms with Crippen molar-refractivity contribution >= 4 is 16.8 Å². The Labute approximate surface area is 139 Å². The maximum atomic E-state index is 13.9. The van der Waals surface area contributed by atoms with Gasteiger partial charge in [-0.2, -0.15) is 0 Å². The quantitative estimate of drug-likeness (QED) is 0.785. The van der Waals surface area contributed by atoms with Crippen molar-refractivity contribution in [3.63, 3.8) is 0 Å². The van der Waals surface area contributed by atoms with Crippen LogP contribution in [0.25, 0.3) is 10.9 Å². The van der Waals surface area contributed by atoms with Gasteiger partial charge in [0.15, 0.2) is 0 Å². The number of amides is 1. The Bertz CT molecular complexity index is 852. The van der Waals surface area contributed by atoms with E-state index in [2.05, 4.69) is 4.98 Å². The molecule has 0 radical (unpaired) electrons. The van der Waals surface area contributed by atoms with Gasteiger partial charge in [-0.1, -0.05) is 36.4 Å². The zero-order valence-electron chi connectivity index (χ0n) is 13.0. The molecule has 1 heterocycles. The molecule has 3 aromatic rings. The van der Waals surface area contributed by atoms with Crippen LogP contribution in [0.1, 0.15) is 15.9 Å². The molecule has 0 aliphatic heterocycles. The van der Waals surface area contributed by atoms with Crippen molar-refractivity contribution in [3.05, 3.63) is 77.7 Å². The number of hydrogen-bond donors (Lipinski definition) is 1. The molecule has 3 rings (SSSR count). The highest BCUT2D eigenvalue weighted by molar-refractivity contribution is 6.05. The minimum absolute atomic E-state index is 0.165. The van der Waals surface area contributed by atoms with Gasteiger partial charge in [-0.3, -0.25) is 9.78 Å². The monoisotopic (exact) mass is 324 g/mol. The summed E-state index contributed by atoms with van der Waals surface area (Å²) in [5, 5.41) is 9.87. The number of aliphatic hydroxyl groups is 1. The van der Waals surface area contributed by atoms with E-state index >= 15 is 0 Å². The van der Waals surface area contributed by atoms with Crippen LogP contribution in [0.3, 0.4) is 0 Å². The van der Waals surface area contributed by atoms with Crippen molar-refractivity contribution in [2.45, 2.75) is 6.54 Å². The average molecular weight is 324 g/mol. The summed E-state index contributed by atoms with van der Waals surface area (Å²) < 4.78 is 13.9. The molecule has 1 N–H and O–H groups in total. The van der Waals surface area contributed by atoms with E-state index < -0.39 is 5.82 Å². The second-order valence-electron chi connectivity index (χ2n) is 5.46. The van der Waals surface area contributed by atoms with Crippen LogP contribution >= 0.6 is 0 Å². The Morgan fingerprint density at radius 3 is 2.67 bits per heavy atom. The van der Waals surface area contributed by atoms with Crippen molar-refractivity contribution in [1.82, 2.24) is 9.88 Å². The summed E-state index contributed by atoms with van der Waals surface area (Å²) in [5.41, 5.74) is 1.60. The van der Waals surface area contributed by atoms with E-state index in [0.717, 1.165) is 5.56 Å². The Hall–Kier alpha value is -2.79. The van der Waals surface area contributed by atoms with E-state index in [1.807, 2.05) is 30.3 Å². The fourth-order valence-electron chi connectivity index (χ4n) is 2.67. The van der Waals surface area contributed by atoms with Crippen LogP contribution in [-0.4, -0.2) is 34.0 Å². The predicted octanol–water partition coefficient (Wildman–Crippen LogP) is 3.01. The topological polar surface area (TPSA) is 53.4 Å². The molecule has 0 saturated carbocycles. The van der Waals surface area contributed by atoms with E-state index in [-0.39, 0.29) is 24.6 Å². The van der Waals surface area contributed by atoms with Gasteiger partial charge in [0.1, 0.15) is 5.82 Å². The summed E-state index contributed by atoms with van der Waals surface area (Å²) in [6, 6.07) is 15.4.